The van der Waals surface area contributed by atoms with Gasteiger partial charge in [-0.3, -0.25) is 4.79 Å². The number of pyridine rings is 1. The number of carbonyl (C=O) groups excluding carboxylic acids is 1. The van der Waals surface area contributed by atoms with Gasteiger partial charge in [-0.1, -0.05) is 13.3 Å². The predicted molar refractivity (Wildman–Crippen MR) is 78.5 cm³/mol. The maximum Gasteiger partial charge on any atom is 0.251 e. The highest BCUT2D eigenvalue weighted by Gasteiger charge is 2.16. The van der Waals surface area contributed by atoms with E-state index in [4.69, 9.17) is 10.5 Å². The molecule has 1 atom stereocenters. The second-order valence-electron chi connectivity index (χ2n) is 5.30. The molecule has 0 radical (unpaired) electrons. The number of rotatable bonds is 6. The summed E-state index contributed by atoms with van der Waals surface area (Å²) < 4.78 is 5.32. The van der Waals surface area contributed by atoms with E-state index in [1.54, 1.807) is 6.07 Å². The normalized spacial score (nSPS) is 18.1. The molecule has 1 aliphatic rings. The molecular formula is C15H23N3O2. The summed E-state index contributed by atoms with van der Waals surface area (Å²) >= 11 is 0. The molecule has 1 unspecified atom stereocenters. The number of amides is 1. The van der Waals surface area contributed by atoms with Crippen molar-refractivity contribution in [1.82, 2.24) is 10.3 Å². The Morgan fingerprint density at radius 2 is 2.40 bits per heavy atom. The largest absolute Gasteiger partial charge is 0.384 e. The Kier molecular flexibility index (Phi) is 5.35. The molecule has 0 bridgehead atoms. The van der Waals surface area contributed by atoms with Crippen molar-refractivity contribution < 1.29 is 9.53 Å². The number of anilines is 1. The molecule has 2 heterocycles. The van der Waals surface area contributed by atoms with E-state index in [1.807, 2.05) is 6.07 Å². The van der Waals surface area contributed by atoms with Crippen molar-refractivity contribution >= 4 is 11.7 Å². The van der Waals surface area contributed by atoms with Crippen LogP contribution in [0.5, 0.6) is 0 Å². The smallest absolute Gasteiger partial charge is 0.251 e. The molecule has 110 valence electrons. The average molecular weight is 277 g/mol. The lowest BCUT2D eigenvalue weighted by molar-refractivity contribution is 0.0950. The summed E-state index contributed by atoms with van der Waals surface area (Å²) in [5, 5.41) is 2.94. The fraction of sp³-hybridized carbons (Fsp3) is 0.600. The van der Waals surface area contributed by atoms with Gasteiger partial charge < -0.3 is 15.8 Å². The number of hydrogen-bond donors (Lipinski definition) is 2. The zero-order valence-electron chi connectivity index (χ0n) is 12.0. The van der Waals surface area contributed by atoms with Gasteiger partial charge in [-0.25, -0.2) is 4.98 Å². The standard InChI is InChI=1S/C15H23N3O2/c1-2-3-13-8-12(9-14(16)18-13)15(19)17-6-4-11-5-7-20-10-11/h8-9,11H,2-7,10H2,1H3,(H2,16,18)(H,17,19). The Balaban J connectivity index is 1.87. The minimum atomic E-state index is -0.0737. The molecule has 1 saturated heterocycles. The molecule has 0 saturated carbocycles. The first-order valence-electron chi connectivity index (χ1n) is 7.31. The molecule has 1 amide bonds. The van der Waals surface area contributed by atoms with E-state index >= 15 is 0 Å². The molecule has 1 fully saturated rings. The second-order valence-corrected chi connectivity index (χ2v) is 5.30. The molecule has 0 aromatic carbocycles. The summed E-state index contributed by atoms with van der Waals surface area (Å²) in [6.07, 6.45) is 3.89. The van der Waals surface area contributed by atoms with Crippen LogP contribution in [0.25, 0.3) is 0 Å². The van der Waals surface area contributed by atoms with E-state index in [1.165, 1.54) is 0 Å². The molecule has 5 nitrogen and oxygen atoms in total. The molecule has 3 N–H and O–H groups in total. The van der Waals surface area contributed by atoms with E-state index in [9.17, 15) is 4.79 Å². The van der Waals surface area contributed by atoms with Crippen molar-refractivity contribution in [2.75, 3.05) is 25.5 Å². The van der Waals surface area contributed by atoms with Gasteiger partial charge in [0.05, 0.1) is 0 Å². The fourth-order valence-corrected chi connectivity index (χ4v) is 2.43. The number of nitrogens with two attached hydrogens (primary N) is 1. The third-order valence-electron chi connectivity index (χ3n) is 3.53. The summed E-state index contributed by atoms with van der Waals surface area (Å²) in [5.41, 5.74) is 7.23. The van der Waals surface area contributed by atoms with Gasteiger partial charge in [0, 0.05) is 31.0 Å². The highest BCUT2D eigenvalue weighted by Crippen LogP contribution is 2.15. The molecule has 2 rings (SSSR count). The molecule has 5 heteroatoms. The Labute approximate surface area is 119 Å². The van der Waals surface area contributed by atoms with Gasteiger partial charge in [0.15, 0.2) is 0 Å². The summed E-state index contributed by atoms with van der Waals surface area (Å²) in [6, 6.07) is 3.46. The fourth-order valence-electron chi connectivity index (χ4n) is 2.43. The van der Waals surface area contributed by atoms with Crippen molar-refractivity contribution in [3.63, 3.8) is 0 Å². The van der Waals surface area contributed by atoms with Gasteiger partial charge in [-0.05, 0) is 37.3 Å². The predicted octanol–water partition coefficient (Wildman–Crippen LogP) is 1.77. The van der Waals surface area contributed by atoms with Crippen LogP contribution in [0.1, 0.15) is 42.2 Å². The minimum absolute atomic E-state index is 0.0737. The number of nitrogen functional groups attached to an aromatic ring is 1. The first-order valence-corrected chi connectivity index (χ1v) is 7.31. The Hall–Kier alpha value is -1.62. The lowest BCUT2D eigenvalue weighted by Gasteiger charge is -2.10. The van der Waals surface area contributed by atoms with E-state index in [2.05, 4.69) is 17.2 Å². The van der Waals surface area contributed by atoms with Crippen molar-refractivity contribution in [3.8, 4) is 0 Å². The van der Waals surface area contributed by atoms with E-state index in [-0.39, 0.29) is 5.91 Å². The summed E-state index contributed by atoms with van der Waals surface area (Å²) in [6.45, 7) is 4.42. The first-order chi connectivity index (χ1) is 9.69. The van der Waals surface area contributed by atoms with Crippen LogP contribution < -0.4 is 11.1 Å². The average Bonchev–Trinajstić information content (AvgIpc) is 2.91. The van der Waals surface area contributed by atoms with Crippen LogP contribution in [0.2, 0.25) is 0 Å². The van der Waals surface area contributed by atoms with Crippen LogP contribution in [0.4, 0.5) is 5.82 Å². The zero-order chi connectivity index (χ0) is 14.4. The van der Waals surface area contributed by atoms with Gasteiger partial charge in [0.1, 0.15) is 5.82 Å². The van der Waals surface area contributed by atoms with Crippen LogP contribution in [0, 0.1) is 5.92 Å². The first kappa shape index (κ1) is 14.8. The monoisotopic (exact) mass is 277 g/mol. The number of aromatic nitrogens is 1. The molecule has 0 spiro atoms. The van der Waals surface area contributed by atoms with Crippen LogP contribution in [0.15, 0.2) is 12.1 Å². The van der Waals surface area contributed by atoms with Crippen molar-refractivity contribution in [2.45, 2.75) is 32.6 Å². The van der Waals surface area contributed by atoms with Crippen LogP contribution in [0.3, 0.4) is 0 Å². The number of aryl methyl sites for hydroxylation is 1. The van der Waals surface area contributed by atoms with Gasteiger partial charge >= 0.3 is 0 Å². The van der Waals surface area contributed by atoms with Gasteiger partial charge in [0.2, 0.25) is 0 Å². The van der Waals surface area contributed by atoms with Gasteiger partial charge in [-0.15, -0.1) is 0 Å². The van der Waals surface area contributed by atoms with Crippen LogP contribution in [-0.4, -0.2) is 30.6 Å². The van der Waals surface area contributed by atoms with Gasteiger partial charge in [-0.2, -0.15) is 0 Å². The molecule has 20 heavy (non-hydrogen) atoms. The van der Waals surface area contributed by atoms with E-state index in [0.717, 1.165) is 44.6 Å². The van der Waals surface area contributed by atoms with Crippen LogP contribution >= 0.6 is 0 Å². The number of nitrogens with zero attached hydrogens (tertiary/aromatic N) is 1. The SMILES string of the molecule is CCCc1cc(C(=O)NCCC2CCOC2)cc(N)n1. The maximum atomic E-state index is 12.1. The van der Waals surface area contributed by atoms with Crippen LogP contribution in [-0.2, 0) is 11.2 Å². The number of nitrogens with one attached hydrogen (secondary N) is 1. The summed E-state index contributed by atoms with van der Waals surface area (Å²) in [7, 11) is 0. The zero-order valence-corrected chi connectivity index (χ0v) is 12.0. The Morgan fingerprint density at radius 1 is 1.55 bits per heavy atom. The molecular weight excluding hydrogens is 254 g/mol. The van der Waals surface area contributed by atoms with Crippen molar-refractivity contribution in [3.05, 3.63) is 23.4 Å². The molecule has 1 aromatic heterocycles. The summed E-state index contributed by atoms with van der Waals surface area (Å²) in [4.78, 5) is 16.3. The van der Waals surface area contributed by atoms with Crippen molar-refractivity contribution in [2.24, 2.45) is 5.92 Å². The number of hydrogen-bond acceptors (Lipinski definition) is 4. The van der Waals surface area contributed by atoms with Gasteiger partial charge in [0.25, 0.3) is 5.91 Å². The molecule has 0 aliphatic carbocycles. The maximum absolute atomic E-state index is 12.1. The number of ether oxygens (including phenoxy) is 1. The Bertz CT molecular complexity index is 456. The van der Waals surface area contributed by atoms with Crippen molar-refractivity contribution in [1.29, 1.82) is 0 Å². The number of carbonyl (C=O) groups is 1. The molecule has 1 aliphatic heterocycles. The topological polar surface area (TPSA) is 77.2 Å². The lowest BCUT2D eigenvalue weighted by Crippen LogP contribution is -2.26. The molecule has 1 aromatic rings. The lowest BCUT2D eigenvalue weighted by atomic mass is 10.1. The van der Waals surface area contributed by atoms with E-state index in [0.29, 0.717) is 23.8 Å². The minimum Gasteiger partial charge on any atom is -0.384 e. The summed E-state index contributed by atoms with van der Waals surface area (Å²) in [5.74, 6) is 0.911. The van der Waals surface area contributed by atoms with E-state index < -0.39 is 0 Å². The Morgan fingerprint density at radius 3 is 3.10 bits per heavy atom. The highest BCUT2D eigenvalue weighted by molar-refractivity contribution is 5.94. The third-order valence-corrected chi connectivity index (χ3v) is 3.53. The third kappa shape index (κ3) is 4.20. The quantitative estimate of drug-likeness (QED) is 0.831. The highest BCUT2D eigenvalue weighted by atomic mass is 16.5. The second kappa shape index (κ2) is 7.24.